The summed E-state index contributed by atoms with van der Waals surface area (Å²) < 4.78 is 11.0. The minimum Gasteiger partial charge on any atom is -0.497 e. The van der Waals surface area contributed by atoms with E-state index in [1.54, 1.807) is 14.2 Å². The molecule has 2 aromatic rings. The predicted octanol–water partition coefficient (Wildman–Crippen LogP) is 6.19. The molecule has 0 aromatic heterocycles. The number of benzene rings is 2. The normalized spacial score (nSPS) is 12.3. The van der Waals surface area contributed by atoms with Gasteiger partial charge in [-0.2, -0.15) is 0 Å². The molecule has 0 aliphatic rings. The first-order valence-electron chi connectivity index (χ1n) is 11.5. The van der Waals surface area contributed by atoms with Crippen molar-refractivity contribution in [1.29, 1.82) is 0 Å². The largest absolute Gasteiger partial charge is 0.497 e. The van der Waals surface area contributed by atoms with Crippen molar-refractivity contribution in [2.24, 2.45) is 0 Å². The summed E-state index contributed by atoms with van der Waals surface area (Å²) in [5, 5.41) is 12.7. The van der Waals surface area contributed by atoms with E-state index in [9.17, 15) is 9.90 Å². The number of aliphatic hydroxyl groups is 1. The molecule has 0 saturated heterocycles. The highest BCUT2D eigenvalue weighted by atomic mass is 16.5. The number of methoxy groups -OCH3 is 2. The van der Waals surface area contributed by atoms with Gasteiger partial charge in [-0.05, 0) is 46.6 Å². The van der Waals surface area contributed by atoms with Gasteiger partial charge in [0.05, 0.1) is 20.8 Å². The lowest BCUT2D eigenvalue weighted by Gasteiger charge is -2.25. The second-order valence-electron chi connectivity index (χ2n) is 9.34. The predicted molar refractivity (Wildman–Crippen MR) is 131 cm³/mol. The number of aliphatic hydroxyl groups excluding tert-OH is 1. The van der Waals surface area contributed by atoms with Gasteiger partial charge in [0.2, 0.25) is 5.91 Å². The number of nitrogens with one attached hydrogen (secondary N) is 1. The molecule has 0 fully saturated rings. The van der Waals surface area contributed by atoms with Crippen molar-refractivity contribution in [2.75, 3.05) is 19.5 Å². The first-order valence-corrected chi connectivity index (χ1v) is 11.5. The van der Waals surface area contributed by atoms with Crippen LogP contribution in [0.2, 0.25) is 0 Å². The van der Waals surface area contributed by atoms with Gasteiger partial charge >= 0.3 is 0 Å². The van der Waals surface area contributed by atoms with Gasteiger partial charge in [0.15, 0.2) is 0 Å². The summed E-state index contributed by atoms with van der Waals surface area (Å²) in [7, 11) is 3.28. The van der Waals surface area contributed by atoms with Crippen molar-refractivity contribution in [3.8, 4) is 11.5 Å². The molecule has 2 N–H and O–H groups in total. The fourth-order valence-corrected chi connectivity index (χ4v) is 4.04. The molecule has 1 unspecified atom stereocenters. The van der Waals surface area contributed by atoms with Crippen LogP contribution in [0.25, 0.3) is 0 Å². The molecular weight excluding hydrogens is 402 g/mol. The van der Waals surface area contributed by atoms with Crippen LogP contribution in [0, 0.1) is 0 Å². The third kappa shape index (κ3) is 6.99. The molecule has 1 atom stereocenters. The van der Waals surface area contributed by atoms with Crippen LogP contribution in [0.3, 0.4) is 0 Å². The van der Waals surface area contributed by atoms with Crippen LogP contribution in [0.5, 0.6) is 11.5 Å². The number of hydrogen-bond donors (Lipinski definition) is 2. The molecule has 176 valence electrons. The van der Waals surface area contributed by atoms with Crippen molar-refractivity contribution in [3.63, 3.8) is 0 Å². The van der Waals surface area contributed by atoms with Crippen molar-refractivity contribution in [2.45, 2.75) is 77.7 Å². The Morgan fingerprint density at radius 2 is 1.81 bits per heavy atom. The van der Waals surface area contributed by atoms with E-state index in [-0.39, 0.29) is 23.8 Å². The number of anilines is 1. The van der Waals surface area contributed by atoms with Crippen LogP contribution in [0.4, 0.5) is 5.69 Å². The van der Waals surface area contributed by atoms with Crippen LogP contribution in [-0.4, -0.2) is 25.2 Å². The topological polar surface area (TPSA) is 67.8 Å². The number of hydrogen-bond acceptors (Lipinski definition) is 4. The molecule has 32 heavy (non-hydrogen) atoms. The Balaban J connectivity index is 2.30. The molecule has 2 aromatic carbocycles. The molecule has 0 radical (unpaired) electrons. The maximum Gasteiger partial charge on any atom is 0.224 e. The highest BCUT2D eigenvalue weighted by Crippen LogP contribution is 2.36. The van der Waals surface area contributed by atoms with Crippen LogP contribution in [0.15, 0.2) is 36.4 Å². The van der Waals surface area contributed by atoms with Gasteiger partial charge < -0.3 is 19.9 Å². The van der Waals surface area contributed by atoms with E-state index in [1.165, 1.54) is 0 Å². The minimum atomic E-state index is -0.129. The molecule has 1 amide bonds. The van der Waals surface area contributed by atoms with E-state index < -0.39 is 0 Å². The summed E-state index contributed by atoms with van der Waals surface area (Å²) in [5.41, 5.74) is 3.50. The monoisotopic (exact) mass is 441 g/mol. The number of rotatable bonds is 11. The fourth-order valence-electron chi connectivity index (χ4n) is 4.04. The summed E-state index contributed by atoms with van der Waals surface area (Å²) in [6.45, 7) is 8.47. The molecule has 0 spiro atoms. The zero-order chi connectivity index (χ0) is 23.7. The quantitative estimate of drug-likeness (QED) is 0.408. The second kappa shape index (κ2) is 11.9. The maximum atomic E-state index is 13.2. The molecule has 0 aliphatic heterocycles. The van der Waals surface area contributed by atoms with Gasteiger partial charge in [-0.15, -0.1) is 0 Å². The SMILES string of the molecule is CCCCCC(CC(=O)Nc1cc(CO)ccc1C(C)(C)C)c1ccc(OC)cc1OC. The summed E-state index contributed by atoms with van der Waals surface area (Å²) in [6.07, 6.45) is 4.58. The second-order valence-corrected chi connectivity index (χ2v) is 9.34. The molecule has 0 saturated carbocycles. The van der Waals surface area contributed by atoms with Crippen LogP contribution >= 0.6 is 0 Å². The Labute approximate surface area is 193 Å². The van der Waals surface area contributed by atoms with Crippen LogP contribution in [0.1, 0.15) is 82.4 Å². The van der Waals surface area contributed by atoms with Gasteiger partial charge in [-0.1, -0.05) is 65.2 Å². The summed E-state index contributed by atoms with van der Waals surface area (Å²) in [5.74, 6) is 1.49. The van der Waals surface area contributed by atoms with Crippen molar-refractivity contribution >= 4 is 11.6 Å². The van der Waals surface area contributed by atoms with Crippen LogP contribution < -0.4 is 14.8 Å². The highest BCUT2D eigenvalue weighted by Gasteiger charge is 2.23. The maximum absolute atomic E-state index is 13.2. The van der Waals surface area contributed by atoms with E-state index in [2.05, 4.69) is 33.0 Å². The first-order chi connectivity index (χ1) is 15.2. The fraction of sp³-hybridized carbons (Fsp3) is 0.519. The zero-order valence-electron chi connectivity index (χ0n) is 20.5. The Morgan fingerprint density at radius 1 is 1.06 bits per heavy atom. The summed E-state index contributed by atoms with van der Waals surface area (Å²) in [6, 6.07) is 11.6. The minimum absolute atomic E-state index is 0.0371. The molecular formula is C27H39NO4. The Hall–Kier alpha value is -2.53. The number of ether oxygens (including phenoxy) is 2. The van der Waals surface area contributed by atoms with Crippen molar-refractivity contribution in [1.82, 2.24) is 0 Å². The van der Waals surface area contributed by atoms with Crippen molar-refractivity contribution < 1.29 is 19.4 Å². The van der Waals surface area contributed by atoms with E-state index in [4.69, 9.17) is 9.47 Å². The number of amides is 1. The molecule has 0 aliphatic carbocycles. The molecule has 0 heterocycles. The van der Waals surface area contributed by atoms with E-state index in [0.29, 0.717) is 6.42 Å². The van der Waals surface area contributed by atoms with Gasteiger partial charge in [-0.3, -0.25) is 4.79 Å². The van der Waals surface area contributed by atoms with Gasteiger partial charge in [-0.25, -0.2) is 0 Å². The number of unbranched alkanes of at least 4 members (excludes halogenated alkanes) is 2. The van der Waals surface area contributed by atoms with E-state index in [1.807, 2.05) is 36.4 Å². The van der Waals surface area contributed by atoms with E-state index >= 15 is 0 Å². The molecule has 5 heteroatoms. The van der Waals surface area contributed by atoms with Gasteiger partial charge in [0, 0.05) is 18.2 Å². The van der Waals surface area contributed by atoms with Gasteiger partial charge in [0.25, 0.3) is 0 Å². The smallest absolute Gasteiger partial charge is 0.224 e. The Morgan fingerprint density at radius 3 is 2.41 bits per heavy atom. The average Bonchev–Trinajstić information content (AvgIpc) is 2.77. The first kappa shape index (κ1) is 25.7. The number of carbonyl (C=O) groups is 1. The molecule has 5 nitrogen and oxygen atoms in total. The Kier molecular flexibility index (Phi) is 9.58. The number of carbonyl (C=O) groups excluding carboxylic acids is 1. The Bertz CT molecular complexity index is 886. The third-order valence-electron chi connectivity index (χ3n) is 5.82. The van der Waals surface area contributed by atoms with Crippen molar-refractivity contribution in [3.05, 3.63) is 53.1 Å². The zero-order valence-corrected chi connectivity index (χ0v) is 20.5. The summed E-state index contributed by atoms with van der Waals surface area (Å²) >= 11 is 0. The average molecular weight is 442 g/mol. The lowest BCUT2D eigenvalue weighted by atomic mass is 9.85. The third-order valence-corrected chi connectivity index (χ3v) is 5.82. The standard InChI is InChI=1S/C27H39NO4/c1-7-8-9-10-20(22-13-12-21(31-5)17-25(22)32-6)16-26(30)28-24-15-19(18-29)11-14-23(24)27(2,3)4/h11-15,17,20,29H,7-10,16,18H2,1-6H3,(H,28,30). The lowest BCUT2D eigenvalue weighted by molar-refractivity contribution is -0.116. The molecule has 2 rings (SSSR count). The lowest BCUT2D eigenvalue weighted by Crippen LogP contribution is -2.21. The molecule has 0 bridgehead atoms. The summed E-state index contributed by atoms with van der Waals surface area (Å²) in [4.78, 5) is 13.2. The van der Waals surface area contributed by atoms with Gasteiger partial charge in [0.1, 0.15) is 11.5 Å². The van der Waals surface area contributed by atoms with E-state index in [0.717, 1.165) is 59.6 Å². The van der Waals surface area contributed by atoms with Crippen LogP contribution in [-0.2, 0) is 16.8 Å². The highest BCUT2D eigenvalue weighted by molar-refractivity contribution is 5.92.